The third-order valence-corrected chi connectivity index (χ3v) is 9.47. The van der Waals surface area contributed by atoms with Crippen LogP contribution in [0.3, 0.4) is 0 Å². The van der Waals surface area contributed by atoms with Gasteiger partial charge in [0.2, 0.25) is 16.0 Å². The number of hydrogen-bond donors (Lipinski definition) is 4. The zero-order valence-corrected chi connectivity index (χ0v) is 26.5. The number of likely N-dealkylation sites (tertiary alicyclic amines) is 1. The zero-order chi connectivity index (χ0) is 31.1. The molecule has 4 N–H and O–H groups in total. The van der Waals surface area contributed by atoms with Crippen LogP contribution in [0, 0.1) is 0 Å². The van der Waals surface area contributed by atoms with E-state index in [4.69, 9.17) is 14.5 Å². The summed E-state index contributed by atoms with van der Waals surface area (Å²) in [6.07, 6.45) is 5.35. The van der Waals surface area contributed by atoms with E-state index in [9.17, 15) is 8.42 Å². The Morgan fingerprint density at radius 1 is 0.978 bits per heavy atom. The van der Waals surface area contributed by atoms with Crippen molar-refractivity contribution in [2.75, 3.05) is 80.0 Å². The minimum Gasteiger partial charge on any atom is -0.494 e. The number of ether oxygens (including phenoxy) is 2. The van der Waals surface area contributed by atoms with E-state index in [0.717, 1.165) is 55.8 Å². The van der Waals surface area contributed by atoms with Gasteiger partial charge in [-0.3, -0.25) is 9.62 Å². The number of sulfonamides is 1. The van der Waals surface area contributed by atoms with Crippen LogP contribution in [0.2, 0.25) is 0 Å². The predicted molar refractivity (Wildman–Crippen MR) is 177 cm³/mol. The van der Waals surface area contributed by atoms with Crippen molar-refractivity contribution in [1.82, 2.24) is 24.8 Å². The first-order chi connectivity index (χ1) is 21.7. The molecule has 0 unspecified atom stereocenters. The molecule has 0 amide bonds. The summed E-state index contributed by atoms with van der Waals surface area (Å²) in [4.78, 5) is 20.1. The topological polar surface area (TPSA) is 140 Å². The van der Waals surface area contributed by atoms with Gasteiger partial charge in [0.1, 0.15) is 29.6 Å². The molecular formula is C31H39N9O4S. The molecule has 0 radical (unpaired) electrons. The van der Waals surface area contributed by atoms with Gasteiger partial charge in [0.25, 0.3) is 0 Å². The quantitative estimate of drug-likeness (QED) is 0.225. The molecule has 0 aliphatic carbocycles. The molecule has 2 fully saturated rings. The monoisotopic (exact) mass is 633 g/mol. The number of aromatic amines is 1. The van der Waals surface area contributed by atoms with Crippen LogP contribution >= 0.6 is 0 Å². The fourth-order valence-electron chi connectivity index (χ4n) is 6.59. The Morgan fingerprint density at radius 3 is 2.56 bits per heavy atom. The van der Waals surface area contributed by atoms with Gasteiger partial charge in [-0.25, -0.2) is 8.42 Å². The molecule has 2 aromatic carbocycles. The number of methoxy groups -OCH3 is 1. The minimum atomic E-state index is -3.48. The number of benzene rings is 2. The van der Waals surface area contributed by atoms with Crippen LogP contribution in [-0.4, -0.2) is 105 Å². The highest BCUT2D eigenvalue weighted by Crippen LogP contribution is 2.43. The molecule has 2 saturated heterocycles. The van der Waals surface area contributed by atoms with Crippen molar-refractivity contribution in [1.29, 1.82) is 0 Å². The van der Waals surface area contributed by atoms with Gasteiger partial charge in [0.05, 0.1) is 47.5 Å². The van der Waals surface area contributed by atoms with Crippen LogP contribution in [-0.2, 0) is 10.0 Å². The third kappa shape index (κ3) is 6.17. The molecule has 7 rings (SSSR count). The molecule has 3 aliphatic rings. The maximum atomic E-state index is 12.0. The number of para-hydroxylation sites is 2. The molecule has 4 aromatic rings. The maximum absolute atomic E-state index is 12.0. The van der Waals surface area contributed by atoms with Gasteiger partial charge in [-0.15, -0.1) is 0 Å². The molecule has 13 nitrogen and oxygen atoms in total. The highest BCUT2D eigenvalue weighted by atomic mass is 32.2. The molecule has 0 bridgehead atoms. The van der Waals surface area contributed by atoms with E-state index >= 15 is 0 Å². The number of anilines is 6. The Bertz CT molecular complexity index is 1810. The number of fused-ring (bicyclic) bond motifs is 4. The number of piperazine rings is 1. The van der Waals surface area contributed by atoms with Crippen LogP contribution in [0.1, 0.15) is 12.8 Å². The van der Waals surface area contributed by atoms with Gasteiger partial charge in [0.15, 0.2) is 0 Å². The van der Waals surface area contributed by atoms with Crippen LogP contribution in [0.4, 0.5) is 34.5 Å². The Labute approximate surface area is 263 Å². The number of nitrogens with zero attached hydrogens (tertiary/aromatic N) is 5. The second kappa shape index (κ2) is 11.9. The summed E-state index contributed by atoms with van der Waals surface area (Å²) in [6.45, 7) is 5.93. The maximum Gasteiger partial charge on any atom is 0.231 e. The van der Waals surface area contributed by atoms with Gasteiger partial charge >= 0.3 is 0 Å². The molecule has 14 heteroatoms. The smallest absolute Gasteiger partial charge is 0.231 e. The SMILES string of the molecule is COc1cc2c(cc1Nc1nc(Nc3ccccc3NS(C)(=O)=O)c3cc[nH]c3n1)OC[C@H]1CN(C3CCN(C)CC3)CCN21. The first-order valence-electron chi connectivity index (χ1n) is 15.2. The standard InChI is InChI=1S/C31H39N9O4S/c1-38-12-9-20(10-13-38)39-14-15-40-21(18-39)19-44-28-16-25(27(43-2)17-26(28)40)34-31-35-29-22(8-11-32-29)30(36-31)33-23-6-4-5-7-24(23)37-45(3,41)42/h4-8,11,16-17,20-21,37H,9-10,12-15,18-19H2,1-3H3,(H3,32,33,34,35,36)/t21-/m1/s1. The fraction of sp³-hybridized carbons (Fsp3) is 0.419. The van der Waals surface area contributed by atoms with E-state index in [-0.39, 0.29) is 0 Å². The molecule has 0 saturated carbocycles. The van der Waals surface area contributed by atoms with Gasteiger partial charge in [-0.1, -0.05) is 12.1 Å². The first kappa shape index (κ1) is 29.4. The van der Waals surface area contributed by atoms with Crippen LogP contribution in [0.25, 0.3) is 11.0 Å². The zero-order valence-electron chi connectivity index (χ0n) is 25.7. The van der Waals surface area contributed by atoms with Gasteiger partial charge in [-0.05, 0) is 51.2 Å². The summed E-state index contributed by atoms with van der Waals surface area (Å²) in [5, 5.41) is 7.36. The molecule has 5 heterocycles. The normalized spacial score (nSPS) is 19.4. The van der Waals surface area contributed by atoms with Gasteiger partial charge in [0, 0.05) is 44.0 Å². The van der Waals surface area contributed by atoms with Crippen molar-refractivity contribution in [3.63, 3.8) is 0 Å². The van der Waals surface area contributed by atoms with Crippen molar-refractivity contribution in [3.8, 4) is 11.5 Å². The molecule has 0 spiro atoms. The summed E-state index contributed by atoms with van der Waals surface area (Å²) in [5.74, 6) is 2.29. The van der Waals surface area contributed by atoms with Crippen LogP contribution < -0.4 is 29.7 Å². The lowest BCUT2D eigenvalue weighted by molar-refractivity contribution is 0.0868. The molecule has 238 valence electrons. The Morgan fingerprint density at radius 2 is 1.78 bits per heavy atom. The lowest BCUT2D eigenvalue weighted by atomic mass is 10.00. The molecule has 3 aliphatic heterocycles. The number of nitrogens with one attached hydrogen (secondary N) is 4. The second-order valence-electron chi connectivity index (χ2n) is 12.0. The third-order valence-electron chi connectivity index (χ3n) is 8.88. The Kier molecular flexibility index (Phi) is 7.79. The number of hydrogen-bond acceptors (Lipinski definition) is 11. The molecule has 2 aromatic heterocycles. The summed E-state index contributed by atoms with van der Waals surface area (Å²) in [5.41, 5.74) is 3.29. The lowest BCUT2D eigenvalue weighted by Gasteiger charge is -2.49. The Balaban J connectivity index is 1.13. The van der Waals surface area contributed by atoms with Gasteiger partial charge in [-0.2, -0.15) is 9.97 Å². The molecule has 45 heavy (non-hydrogen) atoms. The van der Waals surface area contributed by atoms with E-state index in [0.29, 0.717) is 58.9 Å². The van der Waals surface area contributed by atoms with E-state index in [1.165, 1.54) is 12.8 Å². The average molecular weight is 634 g/mol. The van der Waals surface area contributed by atoms with Crippen molar-refractivity contribution in [2.45, 2.75) is 24.9 Å². The predicted octanol–water partition coefficient (Wildman–Crippen LogP) is 3.80. The Hall–Kier alpha value is -4.27. The van der Waals surface area contributed by atoms with E-state index in [1.54, 1.807) is 31.5 Å². The summed E-state index contributed by atoms with van der Waals surface area (Å²) in [7, 11) is 0.380. The summed E-state index contributed by atoms with van der Waals surface area (Å²) in [6, 6.07) is 13.9. The van der Waals surface area contributed by atoms with E-state index in [2.05, 4.69) is 47.1 Å². The highest BCUT2D eigenvalue weighted by Gasteiger charge is 2.36. The number of piperidine rings is 1. The molecule has 1 atom stereocenters. The summed E-state index contributed by atoms with van der Waals surface area (Å²) < 4.78 is 38.7. The van der Waals surface area contributed by atoms with Crippen molar-refractivity contribution in [3.05, 3.63) is 48.7 Å². The summed E-state index contributed by atoms with van der Waals surface area (Å²) >= 11 is 0. The van der Waals surface area contributed by atoms with Crippen molar-refractivity contribution < 1.29 is 17.9 Å². The van der Waals surface area contributed by atoms with Gasteiger partial charge < -0.3 is 34.9 Å². The van der Waals surface area contributed by atoms with Crippen LogP contribution in [0.5, 0.6) is 11.5 Å². The highest BCUT2D eigenvalue weighted by molar-refractivity contribution is 7.92. The van der Waals surface area contributed by atoms with Crippen molar-refractivity contribution in [2.24, 2.45) is 0 Å². The second-order valence-corrected chi connectivity index (χ2v) is 13.8. The van der Waals surface area contributed by atoms with E-state index < -0.39 is 10.0 Å². The van der Waals surface area contributed by atoms with Crippen LogP contribution in [0.15, 0.2) is 48.7 Å². The lowest BCUT2D eigenvalue weighted by Crippen LogP contribution is -2.60. The molecular weight excluding hydrogens is 594 g/mol. The number of rotatable bonds is 8. The number of aromatic nitrogens is 3. The largest absolute Gasteiger partial charge is 0.494 e. The number of H-pyrrole nitrogens is 1. The minimum absolute atomic E-state index is 0.293. The van der Waals surface area contributed by atoms with E-state index in [1.807, 2.05) is 24.3 Å². The first-order valence-corrected chi connectivity index (χ1v) is 17.1. The fourth-order valence-corrected chi connectivity index (χ4v) is 7.17. The average Bonchev–Trinajstić information content (AvgIpc) is 3.50. The van der Waals surface area contributed by atoms with Crippen molar-refractivity contribution >= 4 is 55.6 Å².